The molecule has 5 nitrogen and oxygen atoms in total. The topological polar surface area (TPSA) is 72.6 Å². The molecule has 23 heavy (non-hydrogen) atoms. The van der Waals surface area contributed by atoms with Crippen LogP contribution in [-0.2, 0) is 16.0 Å². The monoisotopic (exact) mass is 318 g/mol. The molecule has 0 bridgehead atoms. The van der Waals surface area contributed by atoms with Crippen LogP contribution >= 0.6 is 0 Å². The number of rotatable bonds is 3. The van der Waals surface area contributed by atoms with Crippen LogP contribution in [0.15, 0.2) is 30.3 Å². The minimum atomic E-state index is -0.592. The van der Waals surface area contributed by atoms with Gasteiger partial charge in [0.1, 0.15) is 11.6 Å². The molecule has 0 aromatic heterocycles. The molecule has 5 heteroatoms. The second-order valence-electron chi connectivity index (χ2n) is 7.18. The lowest BCUT2D eigenvalue weighted by atomic mass is 9.88. The Morgan fingerprint density at radius 2 is 1.87 bits per heavy atom. The summed E-state index contributed by atoms with van der Waals surface area (Å²) in [5.74, 6) is -0.158. The van der Waals surface area contributed by atoms with Gasteiger partial charge in [0.15, 0.2) is 0 Å². The third-order valence-corrected chi connectivity index (χ3v) is 4.00. The lowest BCUT2D eigenvalue weighted by molar-refractivity contribution is -0.125. The van der Waals surface area contributed by atoms with Crippen LogP contribution in [0.4, 0.5) is 4.79 Å². The van der Waals surface area contributed by atoms with Crippen molar-refractivity contribution in [2.24, 2.45) is 11.7 Å². The van der Waals surface area contributed by atoms with E-state index >= 15 is 0 Å². The van der Waals surface area contributed by atoms with Gasteiger partial charge in [-0.1, -0.05) is 30.3 Å². The number of ether oxygens (including phenoxy) is 1. The fourth-order valence-corrected chi connectivity index (χ4v) is 2.98. The summed E-state index contributed by atoms with van der Waals surface area (Å²) in [4.78, 5) is 25.6. The van der Waals surface area contributed by atoms with Crippen molar-refractivity contribution < 1.29 is 14.3 Å². The maximum absolute atomic E-state index is 12.4. The number of piperidine rings is 1. The van der Waals surface area contributed by atoms with Crippen molar-refractivity contribution in [3.8, 4) is 0 Å². The van der Waals surface area contributed by atoms with E-state index in [-0.39, 0.29) is 0 Å². The summed E-state index contributed by atoms with van der Waals surface area (Å²) in [6.07, 6.45) is 1.89. The second kappa shape index (κ2) is 7.02. The molecule has 1 aliphatic heterocycles. The second-order valence-corrected chi connectivity index (χ2v) is 7.18. The molecule has 0 spiro atoms. The first-order chi connectivity index (χ1) is 10.8. The van der Waals surface area contributed by atoms with Crippen LogP contribution in [-0.4, -0.2) is 35.1 Å². The predicted molar refractivity (Wildman–Crippen MR) is 88.8 cm³/mol. The Morgan fingerprint density at radius 1 is 1.22 bits per heavy atom. The van der Waals surface area contributed by atoms with Crippen molar-refractivity contribution >= 4 is 12.0 Å². The molecule has 1 aliphatic rings. The largest absolute Gasteiger partial charge is 0.444 e. The molecular formula is C18H26N2O3. The molecule has 126 valence electrons. The van der Waals surface area contributed by atoms with Crippen LogP contribution in [0, 0.1) is 5.92 Å². The van der Waals surface area contributed by atoms with Gasteiger partial charge >= 0.3 is 6.09 Å². The number of benzene rings is 1. The fraction of sp³-hybridized carbons (Fsp3) is 0.556. The summed E-state index contributed by atoms with van der Waals surface area (Å²) in [5.41, 5.74) is 6.11. The van der Waals surface area contributed by atoms with E-state index in [0.29, 0.717) is 18.9 Å². The Bertz CT molecular complexity index is 551. The highest BCUT2D eigenvalue weighted by Gasteiger charge is 2.37. The molecule has 2 rings (SSSR count). The summed E-state index contributed by atoms with van der Waals surface area (Å²) in [7, 11) is 0. The van der Waals surface area contributed by atoms with E-state index in [0.717, 1.165) is 12.8 Å². The molecule has 2 amide bonds. The summed E-state index contributed by atoms with van der Waals surface area (Å²) in [6, 6.07) is 9.60. The van der Waals surface area contributed by atoms with Crippen LogP contribution in [0.25, 0.3) is 0 Å². The quantitative estimate of drug-likeness (QED) is 0.931. The Kier molecular flexibility index (Phi) is 5.29. The number of carbonyl (C=O) groups is 2. The van der Waals surface area contributed by atoms with Crippen LogP contribution in [0.1, 0.15) is 39.2 Å². The minimum Gasteiger partial charge on any atom is -0.444 e. The third-order valence-electron chi connectivity index (χ3n) is 4.00. The van der Waals surface area contributed by atoms with Gasteiger partial charge in [0.2, 0.25) is 5.91 Å². The SMILES string of the molecule is CC(C)(C)OC(=O)N1C[C@H](Cc2ccccc2)CC[C@H]1C(N)=O. The molecule has 0 saturated carbocycles. The summed E-state index contributed by atoms with van der Waals surface area (Å²) < 4.78 is 5.44. The van der Waals surface area contributed by atoms with E-state index < -0.39 is 23.6 Å². The molecule has 0 radical (unpaired) electrons. The van der Waals surface area contributed by atoms with E-state index in [1.807, 2.05) is 39.0 Å². The van der Waals surface area contributed by atoms with Crippen molar-refractivity contribution in [3.63, 3.8) is 0 Å². The van der Waals surface area contributed by atoms with Crippen molar-refractivity contribution in [1.29, 1.82) is 0 Å². The van der Waals surface area contributed by atoms with Crippen molar-refractivity contribution in [2.45, 2.75) is 51.7 Å². The van der Waals surface area contributed by atoms with Crippen molar-refractivity contribution in [1.82, 2.24) is 4.90 Å². The highest BCUT2D eigenvalue weighted by molar-refractivity contribution is 5.84. The van der Waals surface area contributed by atoms with Crippen molar-refractivity contribution in [3.05, 3.63) is 35.9 Å². The molecule has 0 aliphatic carbocycles. The predicted octanol–water partition coefficient (Wildman–Crippen LogP) is 2.73. The summed E-state index contributed by atoms with van der Waals surface area (Å²) in [5, 5.41) is 0. The van der Waals surface area contributed by atoms with Gasteiger partial charge in [0.05, 0.1) is 0 Å². The first-order valence-electron chi connectivity index (χ1n) is 8.09. The average Bonchev–Trinajstić information content (AvgIpc) is 2.46. The lowest BCUT2D eigenvalue weighted by Crippen LogP contribution is -2.54. The standard InChI is InChI=1S/C18H26N2O3/c1-18(2,3)23-17(22)20-12-14(9-10-15(20)16(19)21)11-13-7-5-4-6-8-13/h4-8,14-15H,9-12H2,1-3H3,(H2,19,21)/t14-,15-/m0/s1. The summed E-state index contributed by atoms with van der Waals surface area (Å²) in [6.45, 7) is 5.94. The number of hydrogen-bond donors (Lipinski definition) is 1. The van der Waals surface area contributed by atoms with Gasteiger partial charge in [-0.05, 0) is 51.5 Å². The van der Waals surface area contributed by atoms with Crippen molar-refractivity contribution in [2.75, 3.05) is 6.54 Å². The highest BCUT2D eigenvalue weighted by atomic mass is 16.6. The summed E-state index contributed by atoms with van der Waals surface area (Å²) >= 11 is 0. The first-order valence-corrected chi connectivity index (χ1v) is 8.09. The van der Waals surface area contributed by atoms with Crippen LogP contribution < -0.4 is 5.73 Å². The van der Waals surface area contributed by atoms with Gasteiger partial charge in [0, 0.05) is 6.54 Å². The smallest absolute Gasteiger partial charge is 0.410 e. The maximum atomic E-state index is 12.4. The van der Waals surface area contributed by atoms with E-state index in [4.69, 9.17) is 10.5 Å². The van der Waals surface area contributed by atoms with Gasteiger partial charge < -0.3 is 10.5 Å². The third kappa shape index (κ3) is 4.98. The number of nitrogens with zero attached hydrogens (tertiary/aromatic N) is 1. The normalized spacial score (nSPS) is 21.8. The molecule has 2 N–H and O–H groups in total. The van der Waals surface area contributed by atoms with Gasteiger partial charge in [-0.25, -0.2) is 4.79 Å². The Morgan fingerprint density at radius 3 is 2.43 bits per heavy atom. The number of hydrogen-bond acceptors (Lipinski definition) is 3. The van der Waals surface area contributed by atoms with Crippen LogP contribution in [0.3, 0.4) is 0 Å². The zero-order chi connectivity index (χ0) is 17.0. The molecule has 0 unspecified atom stereocenters. The van der Waals surface area contributed by atoms with E-state index in [1.165, 1.54) is 10.5 Å². The molecule has 1 heterocycles. The Balaban J connectivity index is 2.08. The minimum absolute atomic E-state index is 0.306. The van der Waals surface area contributed by atoms with E-state index in [1.54, 1.807) is 0 Å². The van der Waals surface area contributed by atoms with Gasteiger partial charge in [-0.15, -0.1) is 0 Å². The molecule has 1 fully saturated rings. The Labute approximate surface area is 137 Å². The van der Waals surface area contributed by atoms with Gasteiger partial charge in [-0.2, -0.15) is 0 Å². The van der Waals surface area contributed by atoms with E-state index in [2.05, 4.69) is 12.1 Å². The molecule has 1 aromatic carbocycles. The number of carbonyl (C=O) groups excluding carboxylic acids is 2. The van der Waals surface area contributed by atoms with Crippen LogP contribution in [0.5, 0.6) is 0 Å². The number of likely N-dealkylation sites (tertiary alicyclic amines) is 1. The molecule has 2 atom stereocenters. The Hall–Kier alpha value is -2.04. The van der Waals surface area contributed by atoms with Gasteiger partial charge in [0.25, 0.3) is 0 Å². The number of primary amides is 1. The fourth-order valence-electron chi connectivity index (χ4n) is 2.98. The first kappa shape index (κ1) is 17.3. The number of nitrogens with two attached hydrogens (primary N) is 1. The molecule has 1 saturated heterocycles. The number of amides is 2. The zero-order valence-corrected chi connectivity index (χ0v) is 14.1. The van der Waals surface area contributed by atoms with Crippen LogP contribution in [0.2, 0.25) is 0 Å². The van der Waals surface area contributed by atoms with Gasteiger partial charge in [-0.3, -0.25) is 9.69 Å². The van der Waals surface area contributed by atoms with E-state index in [9.17, 15) is 9.59 Å². The molecule has 1 aromatic rings. The lowest BCUT2D eigenvalue weighted by Gasteiger charge is -2.38. The average molecular weight is 318 g/mol. The molecular weight excluding hydrogens is 292 g/mol. The maximum Gasteiger partial charge on any atom is 0.410 e. The highest BCUT2D eigenvalue weighted by Crippen LogP contribution is 2.26. The zero-order valence-electron chi connectivity index (χ0n) is 14.1.